The summed E-state index contributed by atoms with van der Waals surface area (Å²) < 4.78 is 10.7. The molecule has 0 spiro atoms. The van der Waals surface area contributed by atoms with Gasteiger partial charge in [0, 0.05) is 24.0 Å². The van der Waals surface area contributed by atoms with Crippen LogP contribution in [-0.4, -0.2) is 42.0 Å². The lowest BCUT2D eigenvalue weighted by Crippen LogP contribution is -2.42. The minimum atomic E-state index is -1.02. The Labute approximate surface area is 144 Å². The summed E-state index contributed by atoms with van der Waals surface area (Å²) in [5.41, 5.74) is 3.64. The molecule has 0 aliphatic carbocycles. The van der Waals surface area contributed by atoms with Crippen LogP contribution in [0.1, 0.15) is 23.6 Å². The number of carbonyl (C=O) groups excluding carboxylic acids is 3. The number of esters is 1. The van der Waals surface area contributed by atoms with E-state index in [0.717, 1.165) is 21.4 Å². The highest BCUT2D eigenvalue weighted by Crippen LogP contribution is 2.25. The minimum Gasteiger partial charge on any atom is -0.464 e. The number of aryl methyl sites for hydroxylation is 2. The van der Waals surface area contributed by atoms with Gasteiger partial charge in [-0.2, -0.15) is 0 Å². The number of amides is 3. The van der Waals surface area contributed by atoms with E-state index in [1.807, 2.05) is 26.0 Å². The van der Waals surface area contributed by atoms with Crippen LogP contribution >= 0.6 is 0 Å². The summed E-state index contributed by atoms with van der Waals surface area (Å²) in [6.07, 6.45) is 0.517. The van der Waals surface area contributed by atoms with Crippen molar-refractivity contribution in [1.29, 1.82) is 0 Å². The third kappa shape index (κ3) is 3.35. The molecule has 3 amide bonds. The zero-order valence-corrected chi connectivity index (χ0v) is 14.4. The maximum Gasteiger partial charge on any atom is 0.324 e. The average Bonchev–Trinajstić information content (AvgIpc) is 3.14. The normalized spacial score (nSPS) is 15.3. The number of fused-ring (bicyclic) bond motifs is 1. The van der Waals surface area contributed by atoms with E-state index in [9.17, 15) is 14.4 Å². The Hall–Kier alpha value is -2.83. The van der Waals surface area contributed by atoms with Crippen molar-refractivity contribution < 1.29 is 23.5 Å². The highest BCUT2D eigenvalue weighted by atomic mass is 16.5. The number of nitrogens with zero attached hydrogens (tertiary/aromatic N) is 1. The first kappa shape index (κ1) is 17.0. The lowest BCUT2D eigenvalue weighted by molar-refractivity contribution is -0.156. The summed E-state index contributed by atoms with van der Waals surface area (Å²) in [5, 5.41) is 3.40. The molecular weight excluding hydrogens is 324 g/mol. The van der Waals surface area contributed by atoms with E-state index < -0.39 is 24.0 Å². The number of benzene rings is 1. The molecule has 7 nitrogen and oxygen atoms in total. The molecule has 25 heavy (non-hydrogen) atoms. The molecule has 0 saturated carbocycles. The summed E-state index contributed by atoms with van der Waals surface area (Å²) in [6.45, 7) is 6.14. The van der Waals surface area contributed by atoms with E-state index in [-0.39, 0.29) is 13.0 Å². The highest BCUT2D eigenvalue weighted by molar-refractivity contribution is 5.98. The number of rotatable bonds is 4. The second kappa shape index (κ2) is 6.58. The number of urea groups is 1. The molecule has 3 rings (SSSR count). The van der Waals surface area contributed by atoms with Crippen molar-refractivity contribution in [3.05, 3.63) is 35.1 Å². The number of nitrogens with one attached hydrogen (secondary N) is 1. The third-order valence-electron chi connectivity index (χ3n) is 4.38. The molecular formula is C18H20N2O5. The predicted molar refractivity (Wildman–Crippen MR) is 90.1 cm³/mol. The Bertz CT molecular complexity index is 855. The summed E-state index contributed by atoms with van der Waals surface area (Å²) in [7, 11) is 0. The maximum atomic E-state index is 12.2. The van der Waals surface area contributed by atoms with Gasteiger partial charge in [0.25, 0.3) is 5.91 Å². The number of carbonyl (C=O) groups is 3. The Morgan fingerprint density at radius 2 is 2.04 bits per heavy atom. The maximum absolute atomic E-state index is 12.2. The van der Waals surface area contributed by atoms with Crippen LogP contribution in [0, 0.1) is 13.8 Å². The second-order valence-corrected chi connectivity index (χ2v) is 6.22. The molecule has 1 fully saturated rings. The van der Waals surface area contributed by atoms with Crippen LogP contribution in [-0.2, 0) is 20.7 Å². The average molecular weight is 344 g/mol. The molecule has 2 heterocycles. The van der Waals surface area contributed by atoms with Gasteiger partial charge < -0.3 is 14.5 Å². The van der Waals surface area contributed by atoms with Crippen molar-refractivity contribution >= 4 is 28.9 Å². The van der Waals surface area contributed by atoms with Gasteiger partial charge in [-0.1, -0.05) is 0 Å². The van der Waals surface area contributed by atoms with Crippen molar-refractivity contribution in [3.8, 4) is 0 Å². The van der Waals surface area contributed by atoms with Crippen LogP contribution < -0.4 is 5.32 Å². The lowest BCUT2D eigenvalue weighted by atomic mass is 10.0. The molecule has 1 aliphatic rings. The third-order valence-corrected chi connectivity index (χ3v) is 4.38. The summed E-state index contributed by atoms with van der Waals surface area (Å²) >= 11 is 0. The number of hydrogen-bond donors (Lipinski definition) is 1. The summed E-state index contributed by atoms with van der Waals surface area (Å²) in [4.78, 5) is 36.9. The topological polar surface area (TPSA) is 88.8 Å². The van der Waals surface area contributed by atoms with Gasteiger partial charge in [-0.15, -0.1) is 0 Å². The Morgan fingerprint density at radius 3 is 2.72 bits per heavy atom. The summed E-state index contributed by atoms with van der Waals surface area (Å²) in [6, 6.07) is 3.44. The van der Waals surface area contributed by atoms with Gasteiger partial charge in [0.05, 0.1) is 12.7 Å². The van der Waals surface area contributed by atoms with Gasteiger partial charge in [-0.05, 0) is 44.0 Å². The number of ether oxygens (including phenoxy) is 1. The monoisotopic (exact) mass is 344 g/mol. The fourth-order valence-corrected chi connectivity index (χ4v) is 2.82. The van der Waals surface area contributed by atoms with Crippen LogP contribution in [0.3, 0.4) is 0 Å². The van der Waals surface area contributed by atoms with Gasteiger partial charge in [0.1, 0.15) is 5.58 Å². The minimum absolute atomic E-state index is 0.000677. The van der Waals surface area contributed by atoms with E-state index in [4.69, 9.17) is 9.15 Å². The van der Waals surface area contributed by atoms with E-state index in [0.29, 0.717) is 17.7 Å². The van der Waals surface area contributed by atoms with Crippen molar-refractivity contribution in [2.24, 2.45) is 0 Å². The smallest absolute Gasteiger partial charge is 0.324 e. The van der Waals surface area contributed by atoms with Crippen molar-refractivity contribution in [3.63, 3.8) is 0 Å². The zero-order chi connectivity index (χ0) is 18.1. The van der Waals surface area contributed by atoms with Crippen LogP contribution in [0.5, 0.6) is 0 Å². The first-order valence-corrected chi connectivity index (χ1v) is 8.13. The van der Waals surface area contributed by atoms with Gasteiger partial charge in [0.2, 0.25) is 0 Å². The van der Waals surface area contributed by atoms with Crippen LogP contribution in [0.25, 0.3) is 11.0 Å². The molecule has 7 heteroatoms. The lowest BCUT2D eigenvalue weighted by Gasteiger charge is -2.18. The molecule has 0 unspecified atom stereocenters. The number of hydrogen-bond acceptors (Lipinski definition) is 5. The van der Waals surface area contributed by atoms with E-state index in [2.05, 4.69) is 5.32 Å². The molecule has 1 aliphatic heterocycles. The molecule has 2 aromatic rings. The molecule has 132 valence electrons. The largest absolute Gasteiger partial charge is 0.464 e. The van der Waals surface area contributed by atoms with Crippen molar-refractivity contribution in [2.75, 3.05) is 13.1 Å². The molecule has 1 aromatic heterocycles. The molecule has 1 N–H and O–H groups in total. The first-order valence-electron chi connectivity index (χ1n) is 8.13. The van der Waals surface area contributed by atoms with Crippen LogP contribution in [0.2, 0.25) is 0 Å². The second-order valence-electron chi connectivity index (χ2n) is 6.22. The molecule has 0 bridgehead atoms. The first-order chi connectivity index (χ1) is 11.9. The van der Waals surface area contributed by atoms with E-state index in [1.54, 1.807) is 0 Å². The molecule has 1 atom stereocenters. The van der Waals surface area contributed by atoms with Crippen molar-refractivity contribution in [1.82, 2.24) is 10.2 Å². The van der Waals surface area contributed by atoms with Crippen LogP contribution in [0.4, 0.5) is 4.79 Å². The highest BCUT2D eigenvalue weighted by Gasteiger charge is 2.31. The number of furan rings is 1. The Morgan fingerprint density at radius 1 is 1.32 bits per heavy atom. The van der Waals surface area contributed by atoms with Gasteiger partial charge in [0.15, 0.2) is 6.10 Å². The van der Waals surface area contributed by atoms with Crippen LogP contribution in [0.15, 0.2) is 22.8 Å². The summed E-state index contributed by atoms with van der Waals surface area (Å²) in [5.74, 6) is -1.06. The van der Waals surface area contributed by atoms with Gasteiger partial charge in [-0.25, -0.2) is 4.79 Å². The van der Waals surface area contributed by atoms with Crippen molar-refractivity contribution in [2.45, 2.75) is 33.3 Å². The van der Waals surface area contributed by atoms with Gasteiger partial charge in [-0.3, -0.25) is 14.5 Å². The fourth-order valence-electron chi connectivity index (χ4n) is 2.82. The Balaban J connectivity index is 1.67. The molecule has 0 radical (unpaired) electrons. The fraction of sp³-hybridized carbons (Fsp3) is 0.389. The van der Waals surface area contributed by atoms with E-state index in [1.165, 1.54) is 13.2 Å². The van der Waals surface area contributed by atoms with E-state index >= 15 is 0 Å². The Kier molecular flexibility index (Phi) is 4.48. The zero-order valence-electron chi connectivity index (χ0n) is 14.4. The predicted octanol–water partition coefficient (Wildman–Crippen LogP) is 2.08. The van der Waals surface area contributed by atoms with Gasteiger partial charge >= 0.3 is 12.0 Å². The standard InChI is InChI=1S/C18H20N2O5/c1-10-6-14-13(9-24-15(14)7-11(10)2)8-16(21)25-12(3)17(22)20-5-4-19-18(20)23/h6-7,9,12H,4-5,8H2,1-3H3,(H,19,23)/t12-/m0/s1. The SMILES string of the molecule is Cc1cc2occ(CC(=O)O[C@@H](C)C(=O)N3CCNC3=O)c2cc1C. The number of imide groups is 1. The molecule has 1 saturated heterocycles. The molecule has 1 aromatic carbocycles. The quantitative estimate of drug-likeness (QED) is 0.858.